The minimum Gasteiger partial charge on any atom is -0.394 e. The van der Waals surface area contributed by atoms with Crippen LogP contribution in [0.25, 0.3) is 0 Å². The van der Waals surface area contributed by atoms with E-state index in [9.17, 15) is 4.79 Å². The number of nitrogens with one attached hydrogen (secondary N) is 1. The summed E-state index contributed by atoms with van der Waals surface area (Å²) in [6, 6.07) is -0.113. The predicted octanol–water partition coefficient (Wildman–Crippen LogP) is 0.298. The van der Waals surface area contributed by atoms with Crippen LogP contribution in [0.2, 0.25) is 0 Å². The molecule has 0 aromatic carbocycles. The maximum Gasteiger partial charge on any atom is 0.225 e. The molecule has 4 heteroatoms. The average Bonchev–Trinajstić information content (AvgIpc) is 2.61. The Balaban J connectivity index is 2.34. The normalized spacial score (nSPS) is 28.8. The summed E-state index contributed by atoms with van der Waals surface area (Å²) in [5.74, 6) is -0.0270. The maximum atomic E-state index is 11.6. The number of ether oxygens (including phenoxy) is 1. The monoisotopic (exact) mass is 201 g/mol. The van der Waals surface area contributed by atoms with Gasteiger partial charge in [0.25, 0.3) is 0 Å². The Kier molecular flexibility index (Phi) is 4.35. The van der Waals surface area contributed by atoms with Crippen molar-refractivity contribution in [3.05, 3.63) is 0 Å². The molecule has 1 heterocycles. The van der Waals surface area contributed by atoms with Gasteiger partial charge in [0.2, 0.25) is 5.91 Å². The van der Waals surface area contributed by atoms with Crippen molar-refractivity contribution in [2.24, 2.45) is 5.92 Å². The van der Waals surface area contributed by atoms with Gasteiger partial charge in [-0.15, -0.1) is 0 Å². The molecule has 2 N–H and O–H groups in total. The third kappa shape index (κ3) is 2.96. The van der Waals surface area contributed by atoms with Crippen LogP contribution < -0.4 is 5.32 Å². The van der Waals surface area contributed by atoms with Gasteiger partial charge in [0, 0.05) is 0 Å². The molecule has 0 aliphatic carbocycles. The van der Waals surface area contributed by atoms with Gasteiger partial charge in [0.05, 0.1) is 31.3 Å². The Morgan fingerprint density at radius 2 is 2.43 bits per heavy atom. The zero-order valence-corrected chi connectivity index (χ0v) is 8.82. The Hall–Kier alpha value is -0.610. The first-order valence-corrected chi connectivity index (χ1v) is 5.20. The number of carbonyl (C=O) groups excluding carboxylic acids is 1. The minimum atomic E-state index is -0.113. The molecule has 2 unspecified atom stereocenters. The lowest BCUT2D eigenvalue weighted by molar-refractivity contribution is -0.126. The van der Waals surface area contributed by atoms with E-state index in [1.54, 1.807) is 0 Å². The van der Waals surface area contributed by atoms with Crippen molar-refractivity contribution >= 4 is 5.91 Å². The summed E-state index contributed by atoms with van der Waals surface area (Å²) >= 11 is 0. The van der Waals surface area contributed by atoms with E-state index in [0.717, 1.165) is 12.8 Å². The molecule has 0 aromatic rings. The number of rotatable bonds is 4. The molecule has 0 bridgehead atoms. The van der Waals surface area contributed by atoms with Gasteiger partial charge in [0.15, 0.2) is 0 Å². The van der Waals surface area contributed by atoms with Gasteiger partial charge in [-0.2, -0.15) is 0 Å². The minimum absolute atomic E-state index is 0.00533. The van der Waals surface area contributed by atoms with Crippen LogP contribution in [0, 0.1) is 5.92 Å². The van der Waals surface area contributed by atoms with Crippen molar-refractivity contribution in [2.45, 2.75) is 38.8 Å². The molecule has 1 rings (SSSR count). The van der Waals surface area contributed by atoms with Crippen molar-refractivity contribution in [3.63, 3.8) is 0 Å². The summed E-state index contributed by atoms with van der Waals surface area (Å²) in [5, 5.41) is 11.7. The maximum absolute atomic E-state index is 11.6. The molecule has 0 aromatic heterocycles. The van der Waals surface area contributed by atoms with Crippen molar-refractivity contribution in [1.29, 1.82) is 0 Å². The largest absolute Gasteiger partial charge is 0.394 e. The van der Waals surface area contributed by atoms with Gasteiger partial charge in [-0.25, -0.2) is 0 Å². The first-order valence-electron chi connectivity index (χ1n) is 5.20. The van der Waals surface area contributed by atoms with Gasteiger partial charge in [-0.3, -0.25) is 4.79 Å². The highest BCUT2D eigenvalue weighted by Crippen LogP contribution is 2.19. The fourth-order valence-electron chi connectivity index (χ4n) is 1.60. The first-order chi connectivity index (χ1) is 6.67. The standard InChI is InChI=1S/C10H19NO3/c1-3-9(5-12)11-10(13)8-4-7(2)14-6-8/h7-9,12H,3-6H2,1-2H3,(H,11,13)/t7?,8?,9-/m0/s1. The number of aliphatic hydroxyl groups is 1. The molecule has 1 fully saturated rings. The fraction of sp³-hybridized carbons (Fsp3) is 0.900. The molecule has 3 atom stereocenters. The van der Waals surface area contributed by atoms with Gasteiger partial charge in [-0.05, 0) is 19.8 Å². The van der Waals surface area contributed by atoms with E-state index in [1.807, 2.05) is 13.8 Å². The quantitative estimate of drug-likeness (QED) is 0.687. The van der Waals surface area contributed by atoms with Crippen molar-refractivity contribution in [3.8, 4) is 0 Å². The Labute approximate surface area is 84.6 Å². The van der Waals surface area contributed by atoms with E-state index in [1.165, 1.54) is 0 Å². The Bertz CT molecular complexity index is 192. The summed E-state index contributed by atoms with van der Waals surface area (Å²) in [7, 11) is 0. The number of carbonyl (C=O) groups is 1. The molecule has 0 radical (unpaired) electrons. The smallest absolute Gasteiger partial charge is 0.225 e. The van der Waals surface area contributed by atoms with Crippen LogP contribution in [-0.4, -0.2) is 36.4 Å². The average molecular weight is 201 g/mol. The van der Waals surface area contributed by atoms with Crippen LogP contribution >= 0.6 is 0 Å². The fourth-order valence-corrected chi connectivity index (χ4v) is 1.60. The van der Waals surface area contributed by atoms with Crippen LogP contribution in [-0.2, 0) is 9.53 Å². The molecule has 1 amide bonds. The highest BCUT2D eigenvalue weighted by Gasteiger charge is 2.28. The van der Waals surface area contributed by atoms with Crippen molar-refractivity contribution in [1.82, 2.24) is 5.32 Å². The summed E-state index contributed by atoms with van der Waals surface area (Å²) < 4.78 is 5.31. The van der Waals surface area contributed by atoms with E-state index in [-0.39, 0.29) is 30.6 Å². The topological polar surface area (TPSA) is 58.6 Å². The van der Waals surface area contributed by atoms with Gasteiger partial charge < -0.3 is 15.2 Å². The second-order valence-electron chi connectivity index (χ2n) is 3.87. The van der Waals surface area contributed by atoms with Crippen LogP contribution in [0.5, 0.6) is 0 Å². The van der Waals surface area contributed by atoms with Crippen molar-refractivity contribution < 1.29 is 14.6 Å². The third-order valence-corrected chi connectivity index (χ3v) is 2.63. The highest BCUT2D eigenvalue weighted by atomic mass is 16.5. The van der Waals surface area contributed by atoms with Crippen molar-refractivity contribution in [2.75, 3.05) is 13.2 Å². The molecule has 1 aliphatic heterocycles. The Morgan fingerprint density at radius 1 is 1.71 bits per heavy atom. The zero-order valence-electron chi connectivity index (χ0n) is 8.82. The van der Waals surface area contributed by atoms with Crippen LogP contribution in [0.15, 0.2) is 0 Å². The lowest BCUT2D eigenvalue weighted by Gasteiger charge is -2.16. The lowest BCUT2D eigenvalue weighted by atomic mass is 10.0. The van der Waals surface area contributed by atoms with E-state index in [2.05, 4.69) is 5.32 Å². The van der Waals surface area contributed by atoms with Crippen LogP contribution in [0.1, 0.15) is 26.7 Å². The van der Waals surface area contributed by atoms with Gasteiger partial charge >= 0.3 is 0 Å². The molecule has 1 aliphatic rings. The summed E-state index contributed by atoms with van der Waals surface area (Å²) in [6.45, 7) is 4.42. The lowest BCUT2D eigenvalue weighted by Crippen LogP contribution is -2.40. The summed E-state index contributed by atoms with van der Waals surface area (Å²) in [6.07, 6.45) is 1.72. The van der Waals surface area contributed by atoms with E-state index in [0.29, 0.717) is 6.61 Å². The number of hydrogen-bond acceptors (Lipinski definition) is 3. The first kappa shape index (κ1) is 11.5. The number of aliphatic hydroxyl groups excluding tert-OH is 1. The summed E-state index contributed by atoms with van der Waals surface area (Å²) in [5.41, 5.74) is 0. The van der Waals surface area contributed by atoms with E-state index < -0.39 is 0 Å². The molecule has 0 spiro atoms. The van der Waals surface area contributed by atoms with Gasteiger partial charge in [-0.1, -0.05) is 6.92 Å². The van der Waals surface area contributed by atoms with Crippen LogP contribution in [0.4, 0.5) is 0 Å². The second kappa shape index (κ2) is 5.32. The van der Waals surface area contributed by atoms with Gasteiger partial charge in [0.1, 0.15) is 0 Å². The van der Waals surface area contributed by atoms with E-state index in [4.69, 9.17) is 9.84 Å². The third-order valence-electron chi connectivity index (χ3n) is 2.63. The molecule has 0 saturated carbocycles. The molecule has 1 saturated heterocycles. The van der Waals surface area contributed by atoms with E-state index >= 15 is 0 Å². The predicted molar refractivity (Wildman–Crippen MR) is 52.8 cm³/mol. The summed E-state index contributed by atoms with van der Waals surface area (Å²) in [4.78, 5) is 11.6. The number of hydrogen-bond donors (Lipinski definition) is 2. The second-order valence-corrected chi connectivity index (χ2v) is 3.87. The SMILES string of the molecule is CC[C@@H](CO)NC(=O)C1COC(C)C1. The van der Waals surface area contributed by atoms with Crippen LogP contribution in [0.3, 0.4) is 0 Å². The molecule has 4 nitrogen and oxygen atoms in total. The zero-order chi connectivity index (χ0) is 10.6. The molecular weight excluding hydrogens is 182 g/mol. The molecule has 82 valence electrons. The Morgan fingerprint density at radius 3 is 2.86 bits per heavy atom. The number of amides is 1. The molecular formula is C10H19NO3. The molecule has 14 heavy (non-hydrogen) atoms. The highest BCUT2D eigenvalue weighted by molar-refractivity contribution is 5.79.